The van der Waals surface area contributed by atoms with Gasteiger partial charge >= 0.3 is 0 Å². The molecule has 2 aromatic carbocycles. The molecule has 2 aromatic rings. The molecule has 0 fully saturated rings. The summed E-state index contributed by atoms with van der Waals surface area (Å²) in [6.07, 6.45) is 1.61. The predicted molar refractivity (Wildman–Crippen MR) is 88.8 cm³/mol. The zero-order valence-corrected chi connectivity index (χ0v) is 13.6. The van der Waals surface area contributed by atoms with Gasteiger partial charge in [-0.2, -0.15) is 0 Å². The molecule has 0 aliphatic heterocycles. The Labute approximate surface area is 132 Å². The molecule has 1 unspecified atom stereocenters. The minimum Gasteiger partial charge on any atom is -0.485 e. The first-order valence-electron chi connectivity index (χ1n) is 7.75. The van der Waals surface area contributed by atoms with Gasteiger partial charge in [0.2, 0.25) is 0 Å². The maximum atomic E-state index is 13.4. The number of halogens is 1. The molecular formula is C19H24FNO. The van der Waals surface area contributed by atoms with Crippen molar-refractivity contribution in [1.82, 2.24) is 4.90 Å². The Morgan fingerprint density at radius 3 is 2.45 bits per heavy atom. The summed E-state index contributed by atoms with van der Waals surface area (Å²) in [6, 6.07) is 15.0. The van der Waals surface area contributed by atoms with Gasteiger partial charge in [-0.25, -0.2) is 4.39 Å². The molecule has 0 bridgehead atoms. The molecule has 0 saturated carbocycles. The summed E-state index contributed by atoms with van der Waals surface area (Å²) in [4.78, 5) is 2.14. The Morgan fingerprint density at radius 2 is 1.82 bits per heavy atom. The van der Waals surface area contributed by atoms with Crippen LogP contribution in [0, 0.1) is 5.82 Å². The minimum atomic E-state index is -0.214. The van der Waals surface area contributed by atoms with E-state index >= 15 is 0 Å². The Hall–Kier alpha value is -1.87. The summed E-state index contributed by atoms with van der Waals surface area (Å²) >= 11 is 0. The molecule has 2 nitrogen and oxygen atoms in total. The van der Waals surface area contributed by atoms with Crippen LogP contribution in [0.25, 0.3) is 0 Å². The van der Waals surface area contributed by atoms with Crippen molar-refractivity contribution in [2.75, 3.05) is 20.6 Å². The Morgan fingerprint density at radius 1 is 1.09 bits per heavy atom. The zero-order valence-electron chi connectivity index (χ0n) is 13.6. The lowest BCUT2D eigenvalue weighted by atomic mass is 10.1. The van der Waals surface area contributed by atoms with Gasteiger partial charge in [0, 0.05) is 13.0 Å². The van der Waals surface area contributed by atoms with Crippen LogP contribution in [0.2, 0.25) is 0 Å². The van der Waals surface area contributed by atoms with Gasteiger partial charge in [0.15, 0.2) is 0 Å². The quantitative estimate of drug-likeness (QED) is 0.748. The molecule has 0 aromatic heterocycles. The summed E-state index contributed by atoms with van der Waals surface area (Å²) in [7, 11) is 4.11. The van der Waals surface area contributed by atoms with Gasteiger partial charge in [-0.05, 0) is 49.8 Å². The molecular weight excluding hydrogens is 277 g/mol. The lowest BCUT2D eigenvalue weighted by Crippen LogP contribution is -2.19. The summed E-state index contributed by atoms with van der Waals surface area (Å²) < 4.78 is 19.6. The molecule has 0 aliphatic rings. The first-order valence-corrected chi connectivity index (χ1v) is 7.75. The minimum absolute atomic E-state index is 0.0284. The van der Waals surface area contributed by atoms with E-state index in [9.17, 15) is 4.39 Å². The maximum Gasteiger partial charge on any atom is 0.125 e. The van der Waals surface area contributed by atoms with E-state index in [1.165, 1.54) is 6.07 Å². The number of hydrogen-bond donors (Lipinski definition) is 0. The van der Waals surface area contributed by atoms with Crippen molar-refractivity contribution in [1.29, 1.82) is 0 Å². The van der Waals surface area contributed by atoms with Crippen LogP contribution in [0.4, 0.5) is 4.39 Å². The summed E-state index contributed by atoms with van der Waals surface area (Å²) in [5, 5.41) is 0. The number of ether oxygens (including phenoxy) is 1. The van der Waals surface area contributed by atoms with Crippen LogP contribution >= 0.6 is 0 Å². The second-order valence-electron chi connectivity index (χ2n) is 5.71. The largest absolute Gasteiger partial charge is 0.485 e. The fraction of sp³-hybridized carbons (Fsp3) is 0.368. The van der Waals surface area contributed by atoms with E-state index in [4.69, 9.17) is 4.74 Å². The topological polar surface area (TPSA) is 12.5 Å². The third-order valence-electron chi connectivity index (χ3n) is 3.68. The van der Waals surface area contributed by atoms with Crippen molar-refractivity contribution < 1.29 is 9.13 Å². The van der Waals surface area contributed by atoms with Crippen molar-refractivity contribution in [2.45, 2.75) is 25.9 Å². The first-order chi connectivity index (χ1) is 10.6. The summed E-state index contributed by atoms with van der Waals surface area (Å²) in [5.41, 5.74) is 2.06. The van der Waals surface area contributed by atoms with Crippen molar-refractivity contribution >= 4 is 0 Å². The molecule has 2 rings (SSSR count). The highest BCUT2D eigenvalue weighted by Gasteiger charge is 2.15. The van der Waals surface area contributed by atoms with Gasteiger partial charge in [0.25, 0.3) is 0 Å². The lowest BCUT2D eigenvalue weighted by Gasteiger charge is -2.23. The zero-order chi connectivity index (χ0) is 15.9. The van der Waals surface area contributed by atoms with Gasteiger partial charge in [-0.1, -0.05) is 37.3 Å². The third-order valence-corrected chi connectivity index (χ3v) is 3.68. The van der Waals surface area contributed by atoms with Crippen LogP contribution < -0.4 is 4.74 Å². The molecule has 118 valence electrons. The Balaban J connectivity index is 2.22. The molecule has 1 atom stereocenters. The number of benzene rings is 2. The smallest absolute Gasteiger partial charge is 0.125 e. The van der Waals surface area contributed by atoms with E-state index in [0.29, 0.717) is 0 Å². The van der Waals surface area contributed by atoms with E-state index in [0.717, 1.165) is 36.3 Å². The Bertz CT molecular complexity index is 583. The molecule has 22 heavy (non-hydrogen) atoms. The monoisotopic (exact) mass is 301 g/mol. The molecule has 3 heteroatoms. The van der Waals surface area contributed by atoms with E-state index in [2.05, 4.69) is 31.1 Å². The highest BCUT2D eigenvalue weighted by molar-refractivity contribution is 5.35. The molecule has 0 saturated heterocycles. The van der Waals surface area contributed by atoms with Crippen molar-refractivity contribution in [3.63, 3.8) is 0 Å². The van der Waals surface area contributed by atoms with Gasteiger partial charge in [0.05, 0.1) is 0 Å². The van der Waals surface area contributed by atoms with E-state index in [1.807, 2.05) is 25.1 Å². The van der Waals surface area contributed by atoms with E-state index in [1.54, 1.807) is 12.1 Å². The predicted octanol–water partition coefficient (Wildman–Crippen LogP) is 4.46. The number of hydrogen-bond acceptors (Lipinski definition) is 2. The van der Waals surface area contributed by atoms with Crippen LogP contribution in [0.5, 0.6) is 5.75 Å². The van der Waals surface area contributed by atoms with Crippen molar-refractivity contribution in [2.24, 2.45) is 0 Å². The summed E-state index contributed by atoms with van der Waals surface area (Å²) in [5.74, 6) is 0.560. The molecule has 0 N–H and O–H groups in total. The molecule has 0 radical (unpaired) electrons. The van der Waals surface area contributed by atoms with Crippen LogP contribution in [0.15, 0.2) is 48.5 Å². The van der Waals surface area contributed by atoms with Crippen LogP contribution in [-0.4, -0.2) is 25.5 Å². The molecule has 0 aliphatic carbocycles. The fourth-order valence-corrected chi connectivity index (χ4v) is 2.43. The SMILES string of the molecule is CCc1cc(F)ccc1OC(CCN(C)C)c1ccccc1. The first kappa shape index (κ1) is 16.5. The standard InChI is InChI=1S/C19H24FNO/c1-4-15-14-17(20)10-11-18(15)22-19(12-13-21(2)3)16-8-6-5-7-9-16/h5-11,14,19H,4,12-13H2,1-3H3. The van der Waals surface area contributed by atoms with Crippen LogP contribution in [0.1, 0.15) is 30.6 Å². The third kappa shape index (κ3) is 4.57. The van der Waals surface area contributed by atoms with Crippen molar-refractivity contribution in [3.05, 3.63) is 65.5 Å². The number of aryl methyl sites for hydroxylation is 1. The number of nitrogens with zero attached hydrogens (tertiary/aromatic N) is 1. The van der Waals surface area contributed by atoms with Gasteiger partial charge < -0.3 is 9.64 Å². The van der Waals surface area contributed by atoms with Crippen LogP contribution in [-0.2, 0) is 6.42 Å². The second-order valence-corrected chi connectivity index (χ2v) is 5.71. The second kappa shape index (κ2) is 7.95. The average molecular weight is 301 g/mol. The summed E-state index contributed by atoms with van der Waals surface area (Å²) in [6.45, 7) is 2.95. The highest BCUT2D eigenvalue weighted by atomic mass is 19.1. The average Bonchev–Trinajstić information content (AvgIpc) is 2.53. The van der Waals surface area contributed by atoms with E-state index in [-0.39, 0.29) is 11.9 Å². The lowest BCUT2D eigenvalue weighted by molar-refractivity contribution is 0.178. The van der Waals surface area contributed by atoms with Crippen molar-refractivity contribution in [3.8, 4) is 5.75 Å². The van der Waals surface area contributed by atoms with Gasteiger partial charge in [0.1, 0.15) is 17.7 Å². The maximum absolute atomic E-state index is 13.4. The molecule has 0 spiro atoms. The normalized spacial score (nSPS) is 12.4. The van der Waals surface area contributed by atoms with Crippen LogP contribution in [0.3, 0.4) is 0 Å². The Kier molecular flexibility index (Phi) is 5.96. The number of rotatable bonds is 7. The van der Waals surface area contributed by atoms with Gasteiger partial charge in [-0.15, -0.1) is 0 Å². The highest BCUT2D eigenvalue weighted by Crippen LogP contribution is 2.28. The fourth-order valence-electron chi connectivity index (χ4n) is 2.43. The van der Waals surface area contributed by atoms with E-state index < -0.39 is 0 Å². The molecule has 0 heterocycles. The van der Waals surface area contributed by atoms with Gasteiger partial charge in [-0.3, -0.25) is 0 Å². The molecule has 0 amide bonds.